The lowest BCUT2D eigenvalue weighted by atomic mass is 9.80. The van der Waals surface area contributed by atoms with Crippen LogP contribution in [0, 0.1) is 0 Å². The number of aliphatic hydroxyl groups is 1. The van der Waals surface area contributed by atoms with E-state index in [1.807, 2.05) is 0 Å². The molecule has 3 rings (SSSR count). The van der Waals surface area contributed by atoms with Crippen LogP contribution in [0.5, 0.6) is 0 Å². The molecule has 1 atom stereocenters. The minimum Gasteiger partial charge on any atom is -0.376 e. The Labute approximate surface area is 131 Å². The van der Waals surface area contributed by atoms with Crippen LogP contribution in [0.2, 0.25) is 0 Å². The number of aromatic amines is 1. The first kappa shape index (κ1) is 16.3. The Kier molecular flexibility index (Phi) is 4.12. The molecule has 2 heterocycles. The number of alkyl halides is 3. The average molecular weight is 331 g/mol. The summed E-state index contributed by atoms with van der Waals surface area (Å²) in [6, 6.07) is 0. The number of hydrogen-bond donors (Lipinski definition) is 3. The van der Waals surface area contributed by atoms with Crippen molar-refractivity contribution in [1.29, 1.82) is 0 Å². The van der Waals surface area contributed by atoms with Gasteiger partial charge < -0.3 is 10.4 Å². The third-order valence-corrected chi connectivity index (χ3v) is 4.86. The number of halogens is 3. The molecule has 2 aliphatic rings. The highest BCUT2D eigenvalue weighted by atomic mass is 19.4. The quantitative estimate of drug-likeness (QED) is 0.738. The van der Waals surface area contributed by atoms with Crippen molar-refractivity contribution in [1.82, 2.24) is 10.2 Å². The zero-order chi connectivity index (χ0) is 16.7. The standard InChI is InChI=1S/C15H20F3N3O2/c16-15(17,18)14(23)8-10(22)19-13-11(14)12(20-21-13)9-6-4-2-1-3-5-7-9/h9,23H,1-8H2,(H2,19,20,21,22). The van der Waals surface area contributed by atoms with E-state index in [1.54, 1.807) is 0 Å². The zero-order valence-electron chi connectivity index (χ0n) is 12.7. The van der Waals surface area contributed by atoms with Crippen molar-refractivity contribution in [3.05, 3.63) is 11.3 Å². The van der Waals surface area contributed by atoms with Crippen LogP contribution in [0.15, 0.2) is 0 Å². The number of rotatable bonds is 1. The summed E-state index contributed by atoms with van der Waals surface area (Å²) in [5.41, 5.74) is -3.15. The first-order valence-corrected chi connectivity index (χ1v) is 8.00. The summed E-state index contributed by atoms with van der Waals surface area (Å²) in [5, 5.41) is 19.1. The number of hydrogen-bond acceptors (Lipinski definition) is 3. The first-order chi connectivity index (χ1) is 10.8. The summed E-state index contributed by atoms with van der Waals surface area (Å²) in [5.74, 6) is -1.18. The largest absolute Gasteiger partial charge is 0.422 e. The molecule has 1 aliphatic heterocycles. The predicted molar refractivity (Wildman–Crippen MR) is 76.8 cm³/mol. The Morgan fingerprint density at radius 2 is 1.74 bits per heavy atom. The van der Waals surface area contributed by atoms with Gasteiger partial charge in [-0.05, 0) is 12.8 Å². The zero-order valence-corrected chi connectivity index (χ0v) is 12.7. The molecule has 0 radical (unpaired) electrons. The van der Waals surface area contributed by atoms with Gasteiger partial charge in [0.05, 0.1) is 12.0 Å². The lowest BCUT2D eigenvalue weighted by Crippen LogP contribution is -2.48. The number of H-pyrrole nitrogens is 1. The third-order valence-electron chi connectivity index (χ3n) is 4.86. The van der Waals surface area contributed by atoms with Crippen molar-refractivity contribution in [3.63, 3.8) is 0 Å². The van der Waals surface area contributed by atoms with E-state index in [2.05, 4.69) is 15.5 Å². The Bertz CT molecular complexity index is 591. The van der Waals surface area contributed by atoms with E-state index in [9.17, 15) is 23.1 Å². The second-order valence-electron chi connectivity index (χ2n) is 6.49. The van der Waals surface area contributed by atoms with E-state index in [4.69, 9.17) is 0 Å². The van der Waals surface area contributed by atoms with Crippen LogP contribution in [0.1, 0.15) is 68.5 Å². The molecule has 8 heteroatoms. The fourth-order valence-electron chi connectivity index (χ4n) is 3.64. The van der Waals surface area contributed by atoms with Crippen LogP contribution in [-0.4, -0.2) is 27.4 Å². The van der Waals surface area contributed by atoms with E-state index in [1.165, 1.54) is 0 Å². The number of nitrogens with one attached hydrogen (secondary N) is 2. The molecular formula is C15H20F3N3O2. The number of anilines is 1. The van der Waals surface area contributed by atoms with Crippen LogP contribution in [0.25, 0.3) is 0 Å². The summed E-state index contributed by atoms with van der Waals surface area (Å²) in [7, 11) is 0. The van der Waals surface area contributed by atoms with E-state index in [-0.39, 0.29) is 17.3 Å². The van der Waals surface area contributed by atoms with Gasteiger partial charge >= 0.3 is 6.18 Å². The number of aromatic nitrogens is 2. The van der Waals surface area contributed by atoms with Crippen LogP contribution in [-0.2, 0) is 10.4 Å². The molecule has 1 aliphatic carbocycles. The average Bonchev–Trinajstić information content (AvgIpc) is 2.81. The number of fused-ring (bicyclic) bond motifs is 1. The maximum Gasteiger partial charge on any atom is 0.422 e. The summed E-state index contributed by atoms with van der Waals surface area (Å²) in [4.78, 5) is 11.5. The van der Waals surface area contributed by atoms with Gasteiger partial charge in [-0.3, -0.25) is 9.89 Å². The van der Waals surface area contributed by atoms with Crippen molar-refractivity contribution >= 4 is 11.7 Å². The Balaban J connectivity index is 2.03. The Morgan fingerprint density at radius 3 is 2.35 bits per heavy atom. The highest BCUT2D eigenvalue weighted by Gasteiger charge is 2.61. The first-order valence-electron chi connectivity index (χ1n) is 8.00. The lowest BCUT2D eigenvalue weighted by molar-refractivity contribution is -0.267. The summed E-state index contributed by atoms with van der Waals surface area (Å²) >= 11 is 0. The maximum atomic E-state index is 13.5. The minimum atomic E-state index is -4.93. The molecule has 1 fully saturated rings. The second kappa shape index (κ2) is 5.81. The van der Waals surface area contributed by atoms with E-state index in [0.29, 0.717) is 5.69 Å². The third kappa shape index (κ3) is 2.84. The molecule has 0 bridgehead atoms. The van der Waals surface area contributed by atoms with Crippen molar-refractivity contribution < 1.29 is 23.1 Å². The second-order valence-corrected chi connectivity index (χ2v) is 6.49. The highest BCUT2D eigenvalue weighted by molar-refractivity contribution is 5.94. The van der Waals surface area contributed by atoms with Gasteiger partial charge in [0.25, 0.3) is 0 Å². The van der Waals surface area contributed by atoms with Gasteiger partial charge in [0, 0.05) is 11.6 Å². The monoisotopic (exact) mass is 331 g/mol. The van der Waals surface area contributed by atoms with Gasteiger partial charge in [-0.25, -0.2) is 0 Å². The predicted octanol–water partition coefficient (Wildman–Crippen LogP) is 3.33. The molecule has 0 aromatic carbocycles. The normalized spacial score (nSPS) is 27.0. The molecular weight excluding hydrogens is 311 g/mol. The maximum absolute atomic E-state index is 13.5. The van der Waals surface area contributed by atoms with Gasteiger partial charge in [-0.2, -0.15) is 18.3 Å². The van der Waals surface area contributed by atoms with Gasteiger partial charge in [0.2, 0.25) is 5.91 Å². The van der Waals surface area contributed by atoms with Gasteiger partial charge in [0.15, 0.2) is 11.4 Å². The van der Waals surface area contributed by atoms with Crippen LogP contribution >= 0.6 is 0 Å². The summed E-state index contributed by atoms with van der Waals surface area (Å²) in [6.45, 7) is 0. The van der Waals surface area contributed by atoms with Crippen LogP contribution in [0.3, 0.4) is 0 Å². The minimum absolute atomic E-state index is 0.101. The highest BCUT2D eigenvalue weighted by Crippen LogP contribution is 2.49. The lowest BCUT2D eigenvalue weighted by Gasteiger charge is -2.35. The van der Waals surface area contributed by atoms with E-state index in [0.717, 1.165) is 44.9 Å². The molecule has 128 valence electrons. The molecule has 5 nitrogen and oxygen atoms in total. The molecule has 1 amide bonds. The van der Waals surface area contributed by atoms with Crippen LogP contribution < -0.4 is 5.32 Å². The number of amides is 1. The smallest absolute Gasteiger partial charge is 0.376 e. The molecule has 1 saturated carbocycles. The molecule has 1 aromatic heterocycles. The molecule has 23 heavy (non-hydrogen) atoms. The van der Waals surface area contributed by atoms with Crippen molar-refractivity contribution in [2.75, 3.05) is 5.32 Å². The summed E-state index contributed by atoms with van der Waals surface area (Å²) < 4.78 is 40.4. The van der Waals surface area contributed by atoms with E-state index < -0.39 is 24.1 Å². The fourth-order valence-corrected chi connectivity index (χ4v) is 3.64. The van der Waals surface area contributed by atoms with Gasteiger partial charge in [-0.15, -0.1) is 0 Å². The number of carbonyl (C=O) groups is 1. The fraction of sp³-hybridized carbons (Fsp3) is 0.733. The molecule has 3 N–H and O–H groups in total. The molecule has 1 aromatic rings. The van der Waals surface area contributed by atoms with Gasteiger partial charge in [-0.1, -0.05) is 32.1 Å². The molecule has 0 spiro atoms. The Morgan fingerprint density at radius 1 is 1.13 bits per heavy atom. The van der Waals surface area contributed by atoms with Crippen molar-refractivity contribution in [2.45, 2.75) is 69.1 Å². The summed E-state index contributed by atoms with van der Waals surface area (Å²) in [6.07, 6.45) is 0.719. The van der Waals surface area contributed by atoms with Crippen LogP contribution in [0.4, 0.5) is 19.0 Å². The van der Waals surface area contributed by atoms with Crippen molar-refractivity contribution in [3.8, 4) is 0 Å². The van der Waals surface area contributed by atoms with Crippen molar-refractivity contribution in [2.24, 2.45) is 0 Å². The van der Waals surface area contributed by atoms with E-state index >= 15 is 0 Å². The molecule has 0 saturated heterocycles. The van der Waals surface area contributed by atoms with Gasteiger partial charge in [0.1, 0.15) is 0 Å². The Hall–Kier alpha value is -1.57. The topological polar surface area (TPSA) is 78.0 Å². The molecule has 1 unspecified atom stereocenters. The number of nitrogens with zero attached hydrogens (tertiary/aromatic N) is 1. The number of carbonyl (C=O) groups excluding carboxylic acids is 1. The SMILES string of the molecule is O=C1CC(O)(C(F)(F)F)c2c(n[nH]c2C2CCCCCCC2)N1.